The molecule has 1 aliphatic carbocycles. The number of carbonyl (C=O) groups excluding carboxylic acids is 1. The van der Waals surface area contributed by atoms with E-state index < -0.39 is 10.2 Å². The lowest BCUT2D eigenvalue weighted by Crippen LogP contribution is -2.58. The van der Waals surface area contributed by atoms with E-state index in [9.17, 15) is 13.2 Å². The first-order chi connectivity index (χ1) is 12.9. The first-order valence-corrected chi connectivity index (χ1v) is 11.8. The van der Waals surface area contributed by atoms with Crippen molar-refractivity contribution in [3.8, 4) is 0 Å². The molecule has 28 heavy (non-hydrogen) atoms. The van der Waals surface area contributed by atoms with Crippen LogP contribution in [-0.4, -0.2) is 104 Å². The lowest BCUT2D eigenvalue weighted by Gasteiger charge is -2.39. The summed E-state index contributed by atoms with van der Waals surface area (Å²) in [6.07, 6.45) is 5.91. The molecular weight excluding hydrogens is 402 g/mol. The Bertz CT molecular complexity index is 634. The third kappa shape index (κ3) is 4.49. The second kappa shape index (κ2) is 9.14. The minimum absolute atomic E-state index is 0. The van der Waals surface area contributed by atoms with Gasteiger partial charge in [-0.3, -0.25) is 4.79 Å². The van der Waals surface area contributed by atoms with E-state index in [4.69, 9.17) is 0 Å². The molecule has 0 spiro atoms. The predicted molar refractivity (Wildman–Crippen MR) is 111 cm³/mol. The predicted octanol–water partition coefficient (Wildman–Crippen LogP) is -0.0347. The number of fused-ring (bicyclic) bond motifs is 1. The average Bonchev–Trinajstić information content (AvgIpc) is 3.12. The molecule has 0 aromatic heterocycles. The molecule has 162 valence electrons. The average molecular weight is 436 g/mol. The summed E-state index contributed by atoms with van der Waals surface area (Å²) >= 11 is 0. The second-order valence-electron chi connectivity index (χ2n) is 8.54. The highest BCUT2D eigenvalue weighted by molar-refractivity contribution is 7.86. The highest BCUT2D eigenvalue weighted by Crippen LogP contribution is 2.33. The molecule has 8 nitrogen and oxygen atoms in total. The highest BCUT2D eigenvalue weighted by Gasteiger charge is 2.41. The number of rotatable bonds is 3. The fraction of sp³-hybridized carbons (Fsp3) is 0.944. The number of likely N-dealkylation sites (N-methyl/N-ethyl adjacent to an activating group) is 1. The van der Waals surface area contributed by atoms with Crippen molar-refractivity contribution < 1.29 is 13.2 Å². The number of hydrogen-bond acceptors (Lipinski definition) is 5. The Morgan fingerprint density at radius 1 is 0.893 bits per heavy atom. The molecule has 0 bridgehead atoms. The van der Waals surface area contributed by atoms with Gasteiger partial charge in [-0.1, -0.05) is 12.8 Å². The molecule has 3 aliphatic heterocycles. The molecule has 3 atom stereocenters. The number of halogens is 1. The molecule has 10 heteroatoms. The van der Waals surface area contributed by atoms with Gasteiger partial charge < -0.3 is 15.1 Å². The molecule has 1 amide bonds. The topological polar surface area (TPSA) is 76.2 Å². The number of hydrogen-bond donors (Lipinski definition) is 1. The van der Waals surface area contributed by atoms with E-state index in [2.05, 4.69) is 10.2 Å². The minimum Gasteiger partial charge on any atom is -0.339 e. The number of amides is 1. The van der Waals surface area contributed by atoms with E-state index in [1.54, 1.807) is 8.61 Å². The van der Waals surface area contributed by atoms with Crippen LogP contribution in [0.3, 0.4) is 0 Å². The SMILES string of the molecule is CN1CCN(S(=O)(=O)N2CCN(C(=O)C3CC4CCCCC4N3)CC2)CC1.Cl. The summed E-state index contributed by atoms with van der Waals surface area (Å²) in [5.41, 5.74) is 0. The highest BCUT2D eigenvalue weighted by atomic mass is 35.5. The molecule has 0 radical (unpaired) electrons. The summed E-state index contributed by atoms with van der Waals surface area (Å²) in [6.45, 7) is 4.44. The molecule has 4 aliphatic rings. The van der Waals surface area contributed by atoms with Crippen LogP contribution < -0.4 is 5.32 Å². The molecule has 0 aromatic rings. The van der Waals surface area contributed by atoms with E-state index in [1.807, 2.05) is 11.9 Å². The van der Waals surface area contributed by atoms with Crippen LogP contribution in [0.2, 0.25) is 0 Å². The Hall–Kier alpha value is -0.450. The maximum absolute atomic E-state index is 12.9. The van der Waals surface area contributed by atoms with Gasteiger partial charge in [-0.2, -0.15) is 17.0 Å². The standard InChI is InChI=1S/C18H33N5O3S.ClH/c1-20-6-10-22(11-7-20)27(25,26)23-12-8-21(9-13-23)18(24)17-14-15-4-2-3-5-16(15)19-17;/h15-17,19H,2-14H2,1H3;1H. The van der Waals surface area contributed by atoms with Crippen molar-refractivity contribution in [2.24, 2.45) is 5.92 Å². The summed E-state index contributed by atoms with van der Waals surface area (Å²) in [6, 6.07) is 0.436. The lowest BCUT2D eigenvalue weighted by molar-refractivity contribution is -0.134. The Balaban J connectivity index is 0.00000225. The molecular formula is C18H34ClN5O3S. The molecule has 1 saturated carbocycles. The molecule has 1 N–H and O–H groups in total. The number of carbonyl (C=O) groups is 1. The zero-order valence-electron chi connectivity index (χ0n) is 16.8. The van der Waals surface area contributed by atoms with Gasteiger partial charge in [0.05, 0.1) is 6.04 Å². The zero-order valence-corrected chi connectivity index (χ0v) is 18.4. The van der Waals surface area contributed by atoms with Gasteiger partial charge in [0.15, 0.2) is 0 Å². The first kappa shape index (κ1) is 22.2. The second-order valence-corrected chi connectivity index (χ2v) is 10.5. The van der Waals surface area contributed by atoms with Crippen LogP contribution in [0.5, 0.6) is 0 Å². The smallest absolute Gasteiger partial charge is 0.282 e. The van der Waals surface area contributed by atoms with E-state index in [0.717, 1.165) is 19.5 Å². The van der Waals surface area contributed by atoms with Gasteiger partial charge in [0.2, 0.25) is 5.91 Å². The van der Waals surface area contributed by atoms with Crippen molar-refractivity contribution >= 4 is 28.5 Å². The number of nitrogens with one attached hydrogen (secondary N) is 1. The van der Waals surface area contributed by atoms with Crippen molar-refractivity contribution in [3.05, 3.63) is 0 Å². The van der Waals surface area contributed by atoms with E-state index in [0.29, 0.717) is 51.2 Å². The van der Waals surface area contributed by atoms with E-state index in [-0.39, 0.29) is 24.4 Å². The van der Waals surface area contributed by atoms with Gasteiger partial charge in [0.1, 0.15) is 0 Å². The number of nitrogens with zero attached hydrogens (tertiary/aromatic N) is 4. The minimum atomic E-state index is -3.41. The Kier molecular flexibility index (Phi) is 7.26. The Morgan fingerprint density at radius 2 is 1.46 bits per heavy atom. The van der Waals surface area contributed by atoms with E-state index in [1.165, 1.54) is 25.7 Å². The van der Waals surface area contributed by atoms with Crippen molar-refractivity contribution in [1.82, 2.24) is 23.7 Å². The summed E-state index contributed by atoms with van der Waals surface area (Å²) < 4.78 is 28.9. The molecule has 0 aromatic carbocycles. The summed E-state index contributed by atoms with van der Waals surface area (Å²) in [4.78, 5) is 16.9. The summed E-state index contributed by atoms with van der Waals surface area (Å²) in [5, 5.41) is 3.55. The van der Waals surface area contributed by atoms with Crippen molar-refractivity contribution in [2.45, 2.75) is 44.2 Å². The van der Waals surface area contributed by atoms with Gasteiger partial charge >= 0.3 is 0 Å². The van der Waals surface area contributed by atoms with Crippen molar-refractivity contribution in [3.63, 3.8) is 0 Å². The molecule has 4 rings (SSSR count). The summed E-state index contributed by atoms with van der Waals surface area (Å²) in [5.74, 6) is 0.813. The van der Waals surface area contributed by atoms with E-state index >= 15 is 0 Å². The quantitative estimate of drug-likeness (QED) is 0.673. The van der Waals surface area contributed by atoms with Gasteiger partial charge in [-0.15, -0.1) is 12.4 Å². The van der Waals surface area contributed by atoms with Crippen LogP contribution in [-0.2, 0) is 15.0 Å². The van der Waals surface area contributed by atoms with Crippen LogP contribution in [0.15, 0.2) is 0 Å². The van der Waals surface area contributed by atoms with Crippen molar-refractivity contribution in [1.29, 1.82) is 0 Å². The van der Waals surface area contributed by atoms with Crippen LogP contribution in [0.1, 0.15) is 32.1 Å². The molecule has 3 unspecified atom stereocenters. The van der Waals surface area contributed by atoms with Crippen LogP contribution in [0.4, 0.5) is 0 Å². The van der Waals surface area contributed by atoms with Gasteiger partial charge in [-0.05, 0) is 32.2 Å². The van der Waals surface area contributed by atoms with Gasteiger partial charge in [-0.25, -0.2) is 0 Å². The molecule has 3 heterocycles. The van der Waals surface area contributed by atoms with Crippen LogP contribution >= 0.6 is 12.4 Å². The van der Waals surface area contributed by atoms with Gasteiger partial charge in [0, 0.05) is 58.4 Å². The molecule has 3 saturated heterocycles. The third-order valence-corrected chi connectivity index (χ3v) is 8.86. The Morgan fingerprint density at radius 3 is 2.07 bits per heavy atom. The summed E-state index contributed by atoms with van der Waals surface area (Å²) in [7, 11) is -1.39. The monoisotopic (exact) mass is 435 g/mol. The number of piperazine rings is 2. The van der Waals surface area contributed by atoms with Gasteiger partial charge in [0.25, 0.3) is 10.2 Å². The van der Waals surface area contributed by atoms with Crippen molar-refractivity contribution in [2.75, 3.05) is 59.4 Å². The largest absolute Gasteiger partial charge is 0.339 e. The maximum atomic E-state index is 12.9. The first-order valence-electron chi connectivity index (χ1n) is 10.4. The maximum Gasteiger partial charge on any atom is 0.282 e. The fourth-order valence-corrected chi connectivity index (χ4v) is 6.63. The fourth-order valence-electron chi connectivity index (χ4n) is 5.05. The Labute approximate surface area is 175 Å². The van der Waals surface area contributed by atoms with Crippen LogP contribution in [0, 0.1) is 5.92 Å². The third-order valence-electron chi connectivity index (χ3n) is 6.83. The normalized spacial score (nSPS) is 33.3. The molecule has 4 fully saturated rings. The lowest BCUT2D eigenvalue weighted by atomic mass is 9.85. The zero-order chi connectivity index (χ0) is 19.0. The van der Waals surface area contributed by atoms with Crippen LogP contribution in [0.25, 0.3) is 0 Å².